The highest BCUT2D eigenvalue weighted by Crippen LogP contribution is 2.27. The van der Waals surface area contributed by atoms with Crippen molar-refractivity contribution < 1.29 is 14.5 Å². The zero-order chi connectivity index (χ0) is 18.7. The normalized spacial score (nSPS) is 11.3. The van der Waals surface area contributed by atoms with Crippen molar-refractivity contribution in [3.8, 4) is 11.5 Å². The van der Waals surface area contributed by atoms with Crippen molar-refractivity contribution in [2.75, 3.05) is 7.05 Å². The number of fused-ring (bicyclic) bond motifs is 1. The molecule has 1 aromatic carbocycles. The van der Waals surface area contributed by atoms with E-state index in [2.05, 4.69) is 20.3 Å². The van der Waals surface area contributed by atoms with Crippen LogP contribution < -0.4 is 15.8 Å². The van der Waals surface area contributed by atoms with Gasteiger partial charge in [0.25, 0.3) is 11.6 Å². The van der Waals surface area contributed by atoms with Crippen molar-refractivity contribution in [3.05, 3.63) is 58.5 Å². The van der Waals surface area contributed by atoms with Gasteiger partial charge in [-0.3, -0.25) is 19.9 Å². The molecule has 3 rings (SSSR count). The van der Waals surface area contributed by atoms with Crippen LogP contribution >= 0.6 is 0 Å². The molecule has 0 bridgehead atoms. The molecule has 3 aromatic rings. The highest BCUT2D eigenvalue weighted by Gasteiger charge is 2.11. The Kier molecular flexibility index (Phi) is 4.48. The van der Waals surface area contributed by atoms with Crippen molar-refractivity contribution in [3.63, 3.8) is 0 Å². The standard InChI is InChI=1S/C16H14N6O4/c1-18-16(17)21-15(23)14-4-9-2-3-11(6-13(9)20-14)26-12-5-10(22(24)25)7-19-8-12/h2-8,20H,1H3,(H3,17,18,21,23). The number of ether oxygens (including phenoxy) is 1. The second-order valence-electron chi connectivity index (χ2n) is 5.22. The van der Waals surface area contributed by atoms with E-state index in [0.717, 1.165) is 11.6 Å². The van der Waals surface area contributed by atoms with E-state index >= 15 is 0 Å². The predicted molar refractivity (Wildman–Crippen MR) is 94.3 cm³/mol. The number of nitrogens with two attached hydrogens (primary N) is 1. The fourth-order valence-corrected chi connectivity index (χ4v) is 2.21. The van der Waals surface area contributed by atoms with Gasteiger partial charge >= 0.3 is 0 Å². The minimum absolute atomic E-state index is 0.0100. The maximum absolute atomic E-state index is 12.0. The van der Waals surface area contributed by atoms with Crippen LogP contribution in [0.4, 0.5) is 5.69 Å². The van der Waals surface area contributed by atoms with E-state index in [1.807, 2.05) is 0 Å². The number of pyridine rings is 1. The van der Waals surface area contributed by atoms with Crippen molar-refractivity contribution >= 4 is 28.5 Å². The molecule has 2 heterocycles. The van der Waals surface area contributed by atoms with E-state index in [0.29, 0.717) is 11.3 Å². The van der Waals surface area contributed by atoms with E-state index in [-0.39, 0.29) is 23.1 Å². The number of guanidine groups is 1. The average Bonchev–Trinajstić information content (AvgIpc) is 3.05. The Bertz CT molecular complexity index is 1030. The summed E-state index contributed by atoms with van der Waals surface area (Å²) in [4.78, 5) is 32.7. The molecule has 0 aliphatic heterocycles. The van der Waals surface area contributed by atoms with Gasteiger partial charge in [0.1, 0.15) is 17.6 Å². The fourth-order valence-electron chi connectivity index (χ4n) is 2.21. The van der Waals surface area contributed by atoms with Gasteiger partial charge in [-0.1, -0.05) is 0 Å². The lowest BCUT2D eigenvalue weighted by molar-refractivity contribution is -0.385. The van der Waals surface area contributed by atoms with Crippen molar-refractivity contribution in [1.29, 1.82) is 0 Å². The third-order valence-electron chi connectivity index (χ3n) is 3.45. The number of aromatic amines is 1. The third-order valence-corrected chi connectivity index (χ3v) is 3.45. The van der Waals surface area contributed by atoms with Gasteiger partial charge in [0.05, 0.1) is 17.2 Å². The van der Waals surface area contributed by atoms with Crippen molar-refractivity contribution in [1.82, 2.24) is 15.3 Å². The molecule has 0 fully saturated rings. The molecule has 0 saturated heterocycles. The summed E-state index contributed by atoms with van der Waals surface area (Å²) in [7, 11) is 1.56. The summed E-state index contributed by atoms with van der Waals surface area (Å²) in [6.07, 6.45) is 2.51. The Hall–Kier alpha value is -3.95. The molecule has 2 aromatic heterocycles. The lowest BCUT2D eigenvalue weighted by Crippen LogP contribution is -2.28. The van der Waals surface area contributed by atoms with Crippen LogP contribution in [-0.2, 0) is 0 Å². The van der Waals surface area contributed by atoms with Gasteiger partial charge < -0.3 is 20.8 Å². The molecule has 132 valence electrons. The Morgan fingerprint density at radius 1 is 1.31 bits per heavy atom. The minimum Gasteiger partial charge on any atom is -0.455 e. The van der Waals surface area contributed by atoms with E-state index in [9.17, 15) is 14.9 Å². The van der Waals surface area contributed by atoms with Gasteiger partial charge in [0, 0.05) is 24.0 Å². The zero-order valence-electron chi connectivity index (χ0n) is 13.6. The number of benzene rings is 1. The Morgan fingerprint density at radius 2 is 2.12 bits per heavy atom. The number of nitro groups is 1. The van der Waals surface area contributed by atoms with Crippen LogP contribution in [0.1, 0.15) is 10.5 Å². The number of hydrogen-bond donors (Lipinski definition) is 3. The average molecular weight is 354 g/mol. The largest absolute Gasteiger partial charge is 0.455 e. The van der Waals surface area contributed by atoms with Crippen LogP contribution in [-0.4, -0.2) is 33.8 Å². The van der Waals surface area contributed by atoms with E-state index in [1.165, 1.54) is 12.3 Å². The van der Waals surface area contributed by atoms with E-state index < -0.39 is 10.8 Å². The summed E-state index contributed by atoms with van der Waals surface area (Å²) in [5, 5.41) is 14.1. The maximum atomic E-state index is 12.0. The molecule has 0 radical (unpaired) electrons. The van der Waals surface area contributed by atoms with E-state index in [1.54, 1.807) is 31.3 Å². The number of rotatable bonds is 4. The number of aliphatic imine (C=N–C) groups is 1. The maximum Gasteiger partial charge on any atom is 0.296 e. The monoisotopic (exact) mass is 354 g/mol. The zero-order valence-corrected chi connectivity index (χ0v) is 13.6. The summed E-state index contributed by atoms with van der Waals surface area (Å²) >= 11 is 0. The second-order valence-corrected chi connectivity index (χ2v) is 5.22. The Balaban J connectivity index is 1.87. The second kappa shape index (κ2) is 6.89. The highest BCUT2D eigenvalue weighted by atomic mass is 16.6. The molecular weight excluding hydrogens is 340 g/mol. The smallest absolute Gasteiger partial charge is 0.296 e. The van der Waals surface area contributed by atoms with Gasteiger partial charge in [0.2, 0.25) is 0 Å². The molecule has 10 heteroatoms. The number of carbonyl (C=O) groups excluding carboxylic acids is 1. The summed E-state index contributed by atoms with van der Waals surface area (Å²) in [5.74, 6) is 0.154. The lowest BCUT2D eigenvalue weighted by Gasteiger charge is -2.04. The molecule has 0 spiro atoms. The number of aromatic nitrogens is 2. The molecule has 10 nitrogen and oxygen atoms in total. The number of hydrogen-bond acceptors (Lipinski definition) is 5. The number of amides is 1. The molecule has 0 unspecified atom stereocenters. The minimum atomic E-state index is -0.552. The fraction of sp³-hybridized carbons (Fsp3) is 0.0625. The van der Waals surface area contributed by atoms with Crippen LogP contribution in [0.15, 0.2) is 47.7 Å². The van der Waals surface area contributed by atoms with Crippen LogP contribution in [0.25, 0.3) is 10.9 Å². The van der Waals surface area contributed by atoms with E-state index in [4.69, 9.17) is 10.5 Å². The first-order valence-corrected chi connectivity index (χ1v) is 7.42. The van der Waals surface area contributed by atoms with Crippen LogP contribution in [0.5, 0.6) is 11.5 Å². The summed E-state index contributed by atoms with van der Waals surface area (Å²) in [6.45, 7) is 0. The first-order chi connectivity index (χ1) is 12.5. The molecule has 0 atom stereocenters. The third kappa shape index (κ3) is 3.59. The number of H-pyrrole nitrogens is 1. The van der Waals surface area contributed by atoms with Crippen molar-refractivity contribution in [2.24, 2.45) is 10.7 Å². The SMILES string of the molecule is CNC(N)=NC(=O)c1cc2ccc(Oc3cncc([N+](=O)[O-])c3)cc2[nH]1. The molecule has 0 aliphatic rings. The molecule has 0 saturated carbocycles. The molecule has 26 heavy (non-hydrogen) atoms. The molecule has 4 N–H and O–H groups in total. The number of nitrogens with one attached hydrogen (secondary N) is 2. The van der Waals surface area contributed by atoms with Crippen LogP contribution in [0.3, 0.4) is 0 Å². The lowest BCUT2D eigenvalue weighted by atomic mass is 10.2. The Labute approximate surface area is 146 Å². The van der Waals surface area contributed by atoms with Gasteiger partial charge in [-0.2, -0.15) is 4.99 Å². The summed E-state index contributed by atoms with van der Waals surface area (Å²) in [6, 6.07) is 8.00. The van der Waals surface area contributed by atoms with Gasteiger partial charge in [-0.15, -0.1) is 0 Å². The quantitative estimate of drug-likeness (QED) is 0.280. The molecule has 0 aliphatic carbocycles. The number of carbonyl (C=O) groups is 1. The van der Waals surface area contributed by atoms with Gasteiger partial charge in [0.15, 0.2) is 11.7 Å². The van der Waals surface area contributed by atoms with Gasteiger partial charge in [-0.05, 0) is 18.2 Å². The highest BCUT2D eigenvalue weighted by molar-refractivity contribution is 6.04. The Morgan fingerprint density at radius 3 is 2.85 bits per heavy atom. The molecular formula is C16H14N6O4. The topological polar surface area (TPSA) is 149 Å². The number of nitrogens with zero attached hydrogens (tertiary/aromatic N) is 3. The summed E-state index contributed by atoms with van der Waals surface area (Å²) in [5.41, 5.74) is 6.22. The van der Waals surface area contributed by atoms with Gasteiger partial charge in [-0.25, -0.2) is 0 Å². The first kappa shape index (κ1) is 16.9. The molecule has 1 amide bonds. The van der Waals surface area contributed by atoms with Crippen molar-refractivity contribution in [2.45, 2.75) is 0 Å². The summed E-state index contributed by atoms with van der Waals surface area (Å²) < 4.78 is 5.60. The van der Waals surface area contributed by atoms with Crippen LogP contribution in [0.2, 0.25) is 0 Å². The predicted octanol–water partition coefficient (Wildman–Crippen LogP) is 1.94. The first-order valence-electron chi connectivity index (χ1n) is 7.42. The van der Waals surface area contributed by atoms with Crippen LogP contribution in [0, 0.1) is 10.1 Å².